The molecule has 0 aliphatic carbocycles. The Labute approximate surface area is 183 Å². The van der Waals surface area contributed by atoms with Crippen molar-refractivity contribution in [2.45, 2.75) is 9.96 Å². The molecule has 2 rings (SSSR count). The van der Waals surface area contributed by atoms with Gasteiger partial charge in [0.2, 0.25) is 3.79 Å². The third-order valence-electron chi connectivity index (χ3n) is 3.11. The summed E-state index contributed by atoms with van der Waals surface area (Å²) < 4.78 is 12.0. The van der Waals surface area contributed by atoms with Crippen LogP contribution in [0.25, 0.3) is 0 Å². The first-order valence-electron chi connectivity index (χ1n) is 7.12. The Morgan fingerprint density at radius 1 is 1.08 bits per heavy atom. The van der Waals surface area contributed by atoms with Gasteiger partial charge < -0.3 is 16.0 Å². The fraction of sp³-hybridized carbons (Fsp3) is 0.125. The number of carbonyl (C=O) groups is 1. The SMILES string of the molecule is O=C(N[C@@H](NC(=S)Nc1ccccc1I)C(Cl)(Cl)Cl)c1ccc(F)cc1. The summed E-state index contributed by atoms with van der Waals surface area (Å²) in [7, 11) is 0. The summed E-state index contributed by atoms with van der Waals surface area (Å²) in [6.07, 6.45) is -1.12. The predicted octanol–water partition coefficient (Wildman–Crippen LogP) is 4.84. The van der Waals surface area contributed by atoms with Gasteiger partial charge in [0.15, 0.2) is 5.11 Å². The molecule has 2 aromatic carbocycles. The molecule has 1 amide bonds. The molecular weight excluding hydrogens is 535 g/mol. The van der Waals surface area contributed by atoms with E-state index >= 15 is 0 Å². The van der Waals surface area contributed by atoms with Crippen LogP contribution in [0, 0.1) is 9.39 Å². The van der Waals surface area contributed by atoms with Crippen LogP contribution < -0.4 is 16.0 Å². The summed E-state index contributed by atoms with van der Waals surface area (Å²) in [6, 6.07) is 12.4. The van der Waals surface area contributed by atoms with Crippen molar-refractivity contribution in [3.05, 3.63) is 63.5 Å². The number of para-hydroxylation sites is 1. The lowest BCUT2D eigenvalue weighted by molar-refractivity contribution is 0.0934. The zero-order valence-electron chi connectivity index (χ0n) is 12.9. The quantitative estimate of drug-likeness (QED) is 0.222. The summed E-state index contributed by atoms with van der Waals surface area (Å²) in [5.74, 6) is -1.01. The molecule has 4 nitrogen and oxygen atoms in total. The number of amides is 1. The van der Waals surface area contributed by atoms with Crippen molar-refractivity contribution in [2.24, 2.45) is 0 Å². The van der Waals surface area contributed by atoms with Crippen molar-refractivity contribution in [1.29, 1.82) is 0 Å². The normalized spacial score (nSPS) is 12.2. The van der Waals surface area contributed by atoms with Gasteiger partial charge in [-0.25, -0.2) is 4.39 Å². The highest BCUT2D eigenvalue weighted by Crippen LogP contribution is 2.29. The third kappa shape index (κ3) is 6.38. The number of alkyl halides is 3. The number of halogens is 5. The van der Waals surface area contributed by atoms with Crippen molar-refractivity contribution < 1.29 is 9.18 Å². The topological polar surface area (TPSA) is 53.2 Å². The van der Waals surface area contributed by atoms with E-state index in [1.165, 1.54) is 12.1 Å². The second-order valence-corrected chi connectivity index (χ2v) is 8.97. The standard InChI is InChI=1S/C16H12Cl3FIN3OS/c17-16(18,19)14(23-13(25)9-5-7-10(20)8-6-9)24-15(26)22-12-4-2-1-3-11(12)21/h1-8,14H,(H,23,25)(H2,22,24,26)/t14-/m0/s1. The first-order valence-corrected chi connectivity index (χ1v) is 9.74. The van der Waals surface area contributed by atoms with Gasteiger partial charge in [-0.3, -0.25) is 4.79 Å². The van der Waals surface area contributed by atoms with Crippen LogP contribution in [0.4, 0.5) is 10.1 Å². The molecule has 1 atom stereocenters. The zero-order chi connectivity index (χ0) is 19.3. The molecule has 0 bridgehead atoms. The largest absolute Gasteiger partial charge is 0.339 e. The lowest BCUT2D eigenvalue weighted by Gasteiger charge is -2.28. The highest BCUT2D eigenvalue weighted by molar-refractivity contribution is 14.1. The molecule has 0 radical (unpaired) electrons. The van der Waals surface area contributed by atoms with Crippen LogP contribution in [0.3, 0.4) is 0 Å². The Bertz CT molecular complexity index is 802. The molecule has 0 heterocycles. The maximum Gasteiger partial charge on any atom is 0.252 e. The average Bonchev–Trinajstić information content (AvgIpc) is 2.56. The second kappa shape index (κ2) is 9.36. The summed E-state index contributed by atoms with van der Waals surface area (Å²) in [5.41, 5.74) is 0.975. The molecule has 0 spiro atoms. The minimum atomic E-state index is -1.88. The highest BCUT2D eigenvalue weighted by Gasteiger charge is 2.35. The van der Waals surface area contributed by atoms with E-state index < -0.39 is 21.7 Å². The van der Waals surface area contributed by atoms with E-state index in [1.807, 2.05) is 24.3 Å². The second-order valence-electron chi connectivity index (χ2n) is 5.03. The van der Waals surface area contributed by atoms with Crippen molar-refractivity contribution in [1.82, 2.24) is 10.6 Å². The van der Waals surface area contributed by atoms with Gasteiger partial charge in [-0.05, 0) is 71.2 Å². The molecular formula is C16H12Cl3FIN3OS. The summed E-state index contributed by atoms with van der Waals surface area (Å²) in [5, 5.41) is 8.41. The van der Waals surface area contributed by atoms with Gasteiger partial charge in [0.05, 0.1) is 5.69 Å². The molecule has 0 aromatic heterocycles. The van der Waals surface area contributed by atoms with Gasteiger partial charge in [0.1, 0.15) is 12.0 Å². The van der Waals surface area contributed by atoms with Crippen molar-refractivity contribution in [2.75, 3.05) is 5.32 Å². The Morgan fingerprint density at radius 2 is 1.69 bits per heavy atom. The fourth-order valence-corrected chi connectivity index (χ4v) is 2.94. The first kappa shape index (κ1) is 21.4. The molecule has 0 saturated carbocycles. The van der Waals surface area contributed by atoms with Gasteiger partial charge in [0, 0.05) is 9.13 Å². The van der Waals surface area contributed by atoms with Crippen LogP contribution in [0.1, 0.15) is 10.4 Å². The van der Waals surface area contributed by atoms with Crippen molar-refractivity contribution in [3.63, 3.8) is 0 Å². The number of hydrogen-bond acceptors (Lipinski definition) is 2. The zero-order valence-corrected chi connectivity index (χ0v) is 18.1. The monoisotopic (exact) mass is 545 g/mol. The molecule has 2 aromatic rings. The minimum Gasteiger partial charge on any atom is -0.339 e. The molecule has 0 unspecified atom stereocenters. The Hall–Kier alpha value is -0.870. The van der Waals surface area contributed by atoms with E-state index in [2.05, 4.69) is 38.5 Å². The van der Waals surface area contributed by atoms with E-state index in [1.54, 1.807) is 0 Å². The Balaban J connectivity index is 2.07. The number of thiocarbonyl (C=S) groups is 1. The average molecular weight is 547 g/mol. The van der Waals surface area contributed by atoms with Gasteiger partial charge in [-0.1, -0.05) is 46.9 Å². The van der Waals surface area contributed by atoms with Crippen LogP contribution in [0.5, 0.6) is 0 Å². The van der Waals surface area contributed by atoms with Crippen LogP contribution in [0.2, 0.25) is 0 Å². The van der Waals surface area contributed by atoms with E-state index in [-0.39, 0.29) is 10.7 Å². The Kier molecular flexibility index (Phi) is 7.72. The fourth-order valence-electron chi connectivity index (χ4n) is 1.87. The number of hydrogen-bond donors (Lipinski definition) is 3. The van der Waals surface area contributed by atoms with Gasteiger partial charge >= 0.3 is 0 Å². The molecule has 0 aliphatic rings. The van der Waals surface area contributed by atoms with E-state index in [9.17, 15) is 9.18 Å². The van der Waals surface area contributed by atoms with E-state index in [0.717, 1.165) is 21.4 Å². The number of benzene rings is 2. The van der Waals surface area contributed by atoms with Crippen LogP contribution in [0.15, 0.2) is 48.5 Å². The minimum absolute atomic E-state index is 0.157. The molecule has 0 saturated heterocycles. The number of anilines is 1. The number of carbonyl (C=O) groups excluding carboxylic acids is 1. The Morgan fingerprint density at radius 3 is 2.27 bits per heavy atom. The van der Waals surface area contributed by atoms with Crippen LogP contribution in [-0.4, -0.2) is 21.0 Å². The summed E-state index contributed by atoms with van der Waals surface area (Å²) in [6.45, 7) is 0. The van der Waals surface area contributed by atoms with Crippen molar-refractivity contribution in [3.8, 4) is 0 Å². The van der Waals surface area contributed by atoms with Gasteiger partial charge in [-0.2, -0.15) is 0 Å². The highest BCUT2D eigenvalue weighted by atomic mass is 127. The lowest BCUT2D eigenvalue weighted by Crippen LogP contribution is -2.56. The summed E-state index contributed by atoms with van der Waals surface area (Å²) >= 11 is 25.2. The molecule has 0 aliphatic heterocycles. The van der Waals surface area contributed by atoms with Crippen LogP contribution >= 0.6 is 69.6 Å². The maximum absolute atomic E-state index is 13.0. The molecule has 10 heteroatoms. The lowest BCUT2D eigenvalue weighted by atomic mass is 10.2. The first-order chi connectivity index (χ1) is 12.2. The maximum atomic E-state index is 13.0. The number of rotatable bonds is 4. The molecule has 3 N–H and O–H groups in total. The molecule has 26 heavy (non-hydrogen) atoms. The smallest absolute Gasteiger partial charge is 0.252 e. The van der Waals surface area contributed by atoms with E-state index in [4.69, 9.17) is 47.0 Å². The number of nitrogens with one attached hydrogen (secondary N) is 3. The van der Waals surface area contributed by atoms with Gasteiger partial charge in [0.25, 0.3) is 5.91 Å². The third-order valence-corrected chi connectivity index (χ3v) is 4.92. The van der Waals surface area contributed by atoms with Gasteiger partial charge in [-0.15, -0.1) is 0 Å². The summed E-state index contributed by atoms with van der Waals surface area (Å²) in [4.78, 5) is 12.3. The van der Waals surface area contributed by atoms with Crippen molar-refractivity contribution >= 4 is 86.3 Å². The molecule has 0 fully saturated rings. The predicted molar refractivity (Wildman–Crippen MR) is 116 cm³/mol. The molecule has 138 valence electrons. The van der Waals surface area contributed by atoms with E-state index in [0.29, 0.717) is 0 Å². The van der Waals surface area contributed by atoms with Crippen LogP contribution in [-0.2, 0) is 0 Å².